The molecule has 0 aliphatic rings. The lowest BCUT2D eigenvalue weighted by molar-refractivity contribution is -0.290. The van der Waals surface area contributed by atoms with E-state index in [-0.39, 0.29) is 11.5 Å². The number of aromatic nitrogens is 2. The molecule has 1 aromatic rings. The summed E-state index contributed by atoms with van der Waals surface area (Å²) in [6.45, 7) is -0.472. The average molecular weight is 272 g/mol. The quantitative estimate of drug-likeness (QED) is 0.495. The minimum absolute atomic E-state index is 0.161. The highest BCUT2D eigenvalue weighted by Crippen LogP contribution is 2.35. The lowest BCUT2D eigenvalue weighted by Crippen LogP contribution is -2.42. The van der Waals surface area contributed by atoms with Gasteiger partial charge in [-0.15, -0.1) is 0 Å². The minimum atomic E-state index is -5.68. The molecule has 1 aromatic heterocycles. The van der Waals surface area contributed by atoms with Crippen molar-refractivity contribution in [2.45, 2.75) is 19.0 Å². The molecule has 0 aromatic carbocycles. The fraction of sp³-hybridized carbons (Fsp3) is 0.500. The highest BCUT2D eigenvalue weighted by molar-refractivity contribution is 5.31. The molecular weight excluding hydrogens is 263 g/mol. The lowest BCUT2D eigenvalue weighted by Gasteiger charge is -2.19. The first kappa shape index (κ1) is 14.4. The molecule has 0 aliphatic heterocycles. The number of rotatable bonds is 4. The van der Waals surface area contributed by atoms with Crippen LogP contribution in [-0.2, 0) is 0 Å². The van der Waals surface area contributed by atoms with E-state index in [1.54, 1.807) is 0 Å². The first-order chi connectivity index (χ1) is 8.17. The Kier molecular flexibility index (Phi) is 3.89. The summed E-state index contributed by atoms with van der Waals surface area (Å²) in [6, 6.07) is 0. The molecule has 1 rings (SSSR count). The summed E-state index contributed by atoms with van der Waals surface area (Å²) in [5, 5.41) is 0. The summed E-state index contributed by atoms with van der Waals surface area (Å²) < 4.78 is 65.2. The second kappa shape index (κ2) is 4.88. The Morgan fingerprint density at radius 3 is 2.44 bits per heavy atom. The second-order valence-electron chi connectivity index (χ2n) is 3.32. The second-order valence-corrected chi connectivity index (χ2v) is 3.32. The number of halogens is 5. The van der Waals surface area contributed by atoms with Crippen molar-refractivity contribution in [1.82, 2.24) is 9.97 Å². The molecule has 0 spiro atoms. The van der Waals surface area contributed by atoms with E-state index in [9.17, 15) is 22.0 Å². The maximum atomic E-state index is 12.6. The number of ether oxygens (including phenoxy) is 1. The highest BCUT2D eigenvalue weighted by atomic mass is 19.4. The van der Waals surface area contributed by atoms with Gasteiger partial charge in [0, 0.05) is 11.8 Å². The molecule has 0 fully saturated rings. The van der Waals surface area contributed by atoms with Gasteiger partial charge in [-0.2, -0.15) is 26.9 Å². The van der Waals surface area contributed by atoms with Crippen LogP contribution in [0.5, 0.6) is 5.88 Å². The number of aryl methyl sites for hydroxylation is 1. The molecule has 5 nitrogen and oxygen atoms in total. The van der Waals surface area contributed by atoms with Gasteiger partial charge in [-0.25, -0.2) is 10.8 Å². The minimum Gasteiger partial charge on any atom is -0.471 e. The van der Waals surface area contributed by atoms with Gasteiger partial charge in [0.15, 0.2) is 6.61 Å². The van der Waals surface area contributed by atoms with Crippen LogP contribution in [0.3, 0.4) is 0 Å². The van der Waals surface area contributed by atoms with Crippen molar-refractivity contribution in [3.63, 3.8) is 0 Å². The smallest absolute Gasteiger partial charge is 0.456 e. The van der Waals surface area contributed by atoms with Gasteiger partial charge >= 0.3 is 12.1 Å². The zero-order chi connectivity index (χ0) is 14.0. The average Bonchev–Trinajstić information content (AvgIpc) is 2.26. The zero-order valence-corrected chi connectivity index (χ0v) is 9.05. The molecule has 0 radical (unpaired) electrons. The molecule has 0 amide bonds. The van der Waals surface area contributed by atoms with Crippen molar-refractivity contribution in [2.75, 3.05) is 12.0 Å². The molecule has 0 saturated heterocycles. The molecule has 10 heteroatoms. The molecule has 0 bridgehead atoms. The lowest BCUT2D eigenvalue weighted by atomic mass is 10.3. The van der Waals surface area contributed by atoms with Crippen LogP contribution >= 0.6 is 0 Å². The highest BCUT2D eigenvalue weighted by Gasteiger charge is 2.58. The number of hydrogen-bond donors (Lipinski definition) is 2. The summed E-state index contributed by atoms with van der Waals surface area (Å²) in [5.74, 6) is -0.559. The van der Waals surface area contributed by atoms with Crippen molar-refractivity contribution in [2.24, 2.45) is 5.84 Å². The summed E-state index contributed by atoms with van der Waals surface area (Å²) in [4.78, 5) is 7.12. The SMILES string of the molecule is Cc1cnc(NN)nc1OCC(F)(F)C(F)(F)F. The van der Waals surface area contributed by atoms with Gasteiger partial charge in [-0.1, -0.05) is 0 Å². The molecule has 0 aliphatic carbocycles. The van der Waals surface area contributed by atoms with Crippen LogP contribution in [0.15, 0.2) is 6.20 Å². The monoisotopic (exact) mass is 272 g/mol. The maximum absolute atomic E-state index is 12.6. The number of alkyl halides is 5. The van der Waals surface area contributed by atoms with E-state index in [2.05, 4.69) is 14.7 Å². The molecule has 0 unspecified atom stereocenters. The largest absolute Gasteiger partial charge is 0.471 e. The number of hydrazine groups is 1. The van der Waals surface area contributed by atoms with E-state index in [0.717, 1.165) is 0 Å². The van der Waals surface area contributed by atoms with Crippen LogP contribution in [0.4, 0.5) is 27.9 Å². The van der Waals surface area contributed by atoms with E-state index in [1.165, 1.54) is 13.1 Å². The third-order valence-electron chi connectivity index (χ3n) is 1.86. The van der Waals surface area contributed by atoms with Crippen LogP contribution in [-0.4, -0.2) is 28.7 Å². The van der Waals surface area contributed by atoms with Gasteiger partial charge < -0.3 is 4.74 Å². The third kappa shape index (κ3) is 3.15. The number of hydrogen-bond acceptors (Lipinski definition) is 5. The van der Waals surface area contributed by atoms with E-state index in [4.69, 9.17) is 5.84 Å². The van der Waals surface area contributed by atoms with Gasteiger partial charge in [-0.05, 0) is 6.92 Å². The van der Waals surface area contributed by atoms with Crippen LogP contribution < -0.4 is 16.0 Å². The van der Waals surface area contributed by atoms with Crippen LogP contribution in [0.1, 0.15) is 5.56 Å². The number of nitrogens with zero attached hydrogens (tertiary/aromatic N) is 2. The summed E-state index contributed by atoms with van der Waals surface area (Å²) in [6.07, 6.45) is -4.51. The van der Waals surface area contributed by atoms with Crippen molar-refractivity contribution in [3.8, 4) is 5.88 Å². The number of anilines is 1. The molecule has 18 heavy (non-hydrogen) atoms. The van der Waals surface area contributed by atoms with E-state index in [0.29, 0.717) is 0 Å². The third-order valence-corrected chi connectivity index (χ3v) is 1.86. The fourth-order valence-corrected chi connectivity index (χ4v) is 0.883. The molecular formula is C8H9F5N4O. The van der Waals surface area contributed by atoms with Crippen LogP contribution in [0, 0.1) is 6.92 Å². The van der Waals surface area contributed by atoms with Gasteiger partial charge in [0.25, 0.3) is 0 Å². The molecule has 0 atom stereocenters. The van der Waals surface area contributed by atoms with E-state index >= 15 is 0 Å². The van der Waals surface area contributed by atoms with Crippen LogP contribution in [0.2, 0.25) is 0 Å². The Labute approximate surface area is 98.1 Å². The van der Waals surface area contributed by atoms with Crippen molar-refractivity contribution >= 4 is 5.95 Å². The Morgan fingerprint density at radius 1 is 1.33 bits per heavy atom. The van der Waals surface area contributed by atoms with Crippen molar-refractivity contribution < 1.29 is 26.7 Å². The predicted molar refractivity (Wildman–Crippen MR) is 51.1 cm³/mol. The fourth-order valence-electron chi connectivity index (χ4n) is 0.883. The predicted octanol–water partition coefficient (Wildman–Crippen LogP) is 1.65. The summed E-state index contributed by atoms with van der Waals surface area (Å²) >= 11 is 0. The standard InChI is InChI=1S/C8H9F5N4O/c1-4-2-15-6(17-14)16-5(4)18-3-7(9,10)8(11,12)13/h2H,3,14H2,1H3,(H,15,16,17). The van der Waals surface area contributed by atoms with Crippen molar-refractivity contribution in [3.05, 3.63) is 11.8 Å². The Balaban J connectivity index is 2.80. The zero-order valence-electron chi connectivity index (χ0n) is 9.05. The topological polar surface area (TPSA) is 73.1 Å². The molecule has 0 saturated carbocycles. The van der Waals surface area contributed by atoms with Gasteiger partial charge in [0.05, 0.1) is 0 Å². The molecule has 1 heterocycles. The van der Waals surface area contributed by atoms with Crippen molar-refractivity contribution in [1.29, 1.82) is 0 Å². The maximum Gasteiger partial charge on any atom is 0.456 e. The van der Waals surface area contributed by atoms with Gasteiger partial charge in [0.2, 0.25) is 11.8 Å². The summed E-state index contributed by atoms with van der Waals surface area (Å²) in [7, 11) is 0. The number of nitrogen functional groups attached to an aromatic ring is 1. The number of nitrogens with two attached hydrogens (primary N) is 1. The Bertz CT molecular complexity index is 422. The van der Waals surface area contributed by atoms with Crippen LogP contribution in [0.25, 0.3) is 0 Å². The first-order valence-electron chi connectivity index (χ1n) is 4.55. The number of nitrogens with one attached hydrogen (secondary N) is 1. The van der Waals surface area contributed by atoms with Gasteiger partial charge in [0.1, 0.15) is 0 Å². The molecule has 3 N–H and O–H groups in total. The van der Waals surface area contributed by atoms with Gasteiger partial charge in [-0.3, -0.25) is 5.43 Å². The first-order valence-corrected chi connectivity index (χ1v) is 4.55. The summed E-state index contributed by atoms with van der Waals surface area (Å²) in [5.41, 5.74) is 2.21. The van der Waals surface area contributed by atoms with E-state index < -0.39 is 24.6 Å². The molecule has 102 valence electrons. The van der Waals surface area contributed by atoms with E-state index in [1.807, 2.05) is 5.43 Å². The Morgan fingerprint density at radius 2 is 1.94 bits per heavy atom. The Hall–Kier alpha value is -1.71. The normalized spacial score (nSPS) is 12.4.